The van der Waals surface area contributed by atoms with E-state index in [4.69, 9.17) is 4.74 Å². The van der Waals surface area contributed by atoms with E-state index in [1.807, 2.05) is 54.6 Å². The molecule has 0 bridgehead atoms. The van der Waals surface area contributed by atoms with Crippen molar-refractivity contribution < 1.29 is 9.53 Å². The molecule has 1 aliphatic heterocycles. The minimum Gasteiger partial charge on any atom is -0.490 e. The van der Waals surface area contributed by atoms with Gasteiger partial charge in [0.15, 0.2) is 0 Å². The van der Waals surface area contributed by atoms with E-state index >= 15 is 0 Å². The van der Waals surface area contributed by atoms with Gasteiger partial charge in [0, 0.05) is 31.2 Å². The van der Waals surface area contributed by atoms with Crippen molar-refractivity contribution in [3.05, 3.63) is 65.7 Å². The largest absolute Gasteiger partial charge is 0.490 e. The Labute approximate surface area is 161 Å². The van der Waals surface area contributed by atoms with Crippen molar-refractivity contribution in [2.75, 3.05) is 13.1 Å². The number of carbonyl (C=O) groups is 1. The van der Waals surface area contributed by atoms with Gasteiger partial charge in [0.1, 0.15) is 11.9 Å². The van der Waals surface area contributed by atoms with Crippen LogP contribution in [0.15, 0.2) is 54.6 Å². The Hall–Kier alpha value is -2.33. The van der Waals surface area contributed by atoms with Crippen LogP contribution >= 0.6 is 0 Å². The lowest BCUT2D eigenvalue weighted by Gasteiger charge is -2.41. The van der Waals surface area contributed by atoms with Crippen LogP contribution < -0.4 is 10.1 Å². The van der Waals surface area contributed by atoms with Crippen LogP contribution in [0.4, 0.5) is 0 Å². The van der Waals surface area contributed by atoms with Gasteiger partial charge in [0.05, 0.1) is 0 Å². The first-order valence-electron chi connectivity index (χ1n) is 10.1. The van der Waals surface area contributed by atoms with E-state index in [0.29, 0.717) is 12.1 Å². The van der Waals surface area contributed by atoms with E-state index in [2.05, 4.69) is 10.2 Å². The minimum atomic E-state index is -0.0656. The first kappa shape index (κ1) is 18.1. The Morgan fingerprint density at radius 2 is 1.78 bits per heavy atom. The number of hydrogen-bond donors (Lipinski definition) is 1. The first-order chi connectivity index (χ1) is 13.3. The minimum absolute atomic E-state index is 0.0656. The summed E-state index contributed by atoms with van der Waals surface area (Å²) in [6.45, 7) is 2.80. The molecule has 2 fully saturated rings. The fourth-order valence-corrected chi connectivity index (χ4v) is 3.89. The molecule has 0 radical (unpaired) electrons. The van der Waals surface area contributed by atoms with Gasteiger partial charge in [-0.1, -0.05) is 42.8 Å². The smallest absolute Gasteiger partial charge is 0.251 e. The lowest BCUT2D eigenvalue weighted by atomic mass is 9.90. The molecule has 2 aromatic carbocycles. The average molecular weight is 364 g/mol. The van der Waals surface area contributed by atoms with Crippen LogP contribution in [0.2, 0.25) is 0 Å². The lowest BCUT2D eigenvalue weighted by Crippen LogP contribution is -2.46. The third kappa shape index (κ3) is 4.69. The second-order valence-corrected chi connectivity index (χ2v) is 7.63. The van der Waals surface area contributed by atoms with Crippen LogP contribution in [0, 0.1) is 0 Å². The summed E-state index contributed by atoms with van der Waals surface area (Å²) < 4.78 is 6.18. The summed E-state index contributed by atoms with van der Waals surface area (Å²) >= 11 is 0. The van der Waals surface area contributed by atoms with Gasteiger partial charge in [0.25, 0.3) is 5.91 Å². The number of likely N-dealkylation sites (tertiary alicyclic amines) is 1. The van der Waals surface area contributed by atoms with Crippen LogP contribution in [-0.2, 0) is 6.54 Å². The normalized spacial score (nSPS) is 18.7. The number of rotatable bonds is 6. The van der Waals surface area contributed by atoms with Crippen molar-refractivity contribution in [2.24, 2.45) is 0 Å². The number of ether oxygens (including phenoxy) is 1. The second-order valence-electron chi connectivity index (χ2n) is 7.63. The summed E-state index contributed by atoms with van der Waals surface area (Å²) in [4.78, 5) is 15.1. The van der Waals surface area contributed by atoms with Gasteiger partial charge >= 0.3 is 0 Å². The molecule has 27 heavy (non-hydrogen) atoms. The van der Waals surface area contributed by atoms with Gasteiger partial charge in [-0.15, -0.1) is 0 Å². The van der Waals surface area contributed by atoms with Crippen LogP contribution in [0.3, 0.4) is 0 Å². The maximum atomic E-state index is 12.4. The van der Waals surface area contributed by atoms with E-state index < -0.39 is 0 Å². The van der Waals surface area contributed by atoms with Crippen molar-refractivity contribution >= 4 is 5.91 Å². The summed E-state index contributed by atoms with van der Waals surface area (Å²) in [6, 6.07) is 18.3. The highest BCUT2D eigenvalue weighted by molar-refractivity contribution is 5.94. The number of nitrogens with one attached hydrogen (secondary N) is 1. The van der Waals surface area contributed by atoms with Gasteiger partial charge in [-0.3, -0.25) is 4.79 Å². The topological polar surface area (TPSA) is 41.6 Å². The molecule has 2 aromatic rings. The molecule has 0 atom stereocenters. The number of hydrogen-bond acceptors (Lipinski definition) is 3. The Bertz CT molecular complexity index is 750. The monoisotopic (exact) mass is 364 g/mol. The molecule has 1 saturated carbocycles. The number of piperidine rings is 1. The molecule has 1 amide bonds. The zero-order valence-corrected chi connectivity index (χ0v) is 15.8. The molecule has 1 aliphatic carbocycles. The van der Waals surface area contributed by atoms with Gasteiger partial charge in [-0.25, -0.2) is 0 Å². The molecule has 1 saturated heterocycles. The molecule has 0 spiro atoms. The molecular weight excluding hydrogens is 336 g/mol. The third-order valence-corrected chi connectivity index (χ3v) is 5.76. The van der Waals surface area contributed by atoms with Crippen molar-refractivity contribution in [1.82, 2.24) is 10.2 Å². The molecule has 4 nitrogen and oxygen atoms in total. The fraction of sp³-hybridized carbons (Fsp3) is 0.435. The maximum Gasteiger partial charge on any atom is 0.251 e. The van der Waals surface area contributed by atoms with Gasteiger partial charge in [0.2, 0.25) is 0 Å². The summed E-state index contributed by atoms with van der Waals surface area (Å²) in [7, 11) is 0. The van der Waals surface area contributed by atoms with Crippen molar-refractivity contribution in [1.29, 1.82) is 0 Å². The summed E-state index contributed by atoms with van der Waals surface area (Å²) in [5, 5.41) is 2.98. The number of benzene rings is 2. The highest BCUT2D eigenvalue weighted by Gasteiger charge is 2.29. The lowest BCUT2D eigenvalue weighted by molar-refractivity contribution is 0.0493. The molecule has 2 aliphatic rings. The van der Waals surface area contributed by atoms with E-state index in [1.54, 1.807) is 0 Å². The zero-order valence-electron chi connectivity index (χ0n) is 15.8. The quantitative estimate of drug-likeness (QED) is 0.842. The van der Waals surface area contributed by atoms with Gasteiger partial charge in [-0.2, -0.15) is 0 Å². The standard InChI is InChI=1S/C23H28N2O2/c26-23(24-17-18-6-2-1-3-7-18)19-8-4-11-22(16-19)27-21-12-14-25(15-13-21)20-9-5-10-20/h1-4,6-8,11,16,20-21H,5,9-10,12-15,17H2,(H,24,26). The SMILES string of the molecule is O=C(NCc1ccccc1)c1cccc(OC2CCN(C3CCC3)CC2)c1. The Kier molecular flexibility index (Phi) is 5.73. The third-order valence-electron chi connectivity index (χ3n) is 5.76. The highest BCUT2D eigenvalue weighted by atomic mass is 16.5. The fourth-order valence-electron chi connectivity index (χ4n) is 3.89. The molecule has 1 heterocycles. The molecule has 4 heteroatoms. The van der Waals surface area contributed by atoms with Crippen LogP contribution in [0.25, 0.3) is 0 Å². The van der Waals surface area contributed by atoms with Crippen LogP contribution in [-0.4, -0.2) is 36.0 Å². The van der Waals surface area contributed by atoms with Crippen molar-refractivity contribution in [3.8, 4) is 5.75 Å². The predicted octanol–water partition coefficient (Wildman–Crippen LogP) is 4.01. The molecular formula is C23H28N2O2. The molecule has 142 valence electrons. The Morgan fingerprint density at radius 1 is 1.00 bits per heavy atom. The molecule has 0 unspecified atom stereocenters. The van der Waals surface area contributed by atoms with Crippen molar-refractivity contribution in [2.45, 2.75) is 50.8 Å². The number of carbonyl (C=O) groups excluding carboxylic acids is 1. The molecule has 1 N–H and O–H groups in total. The van der Waals surface area contributed by atoms with Gasteiger partial charge in [-0.05, 0) is 49.4 Å². The summed E-state index contributed by atoms with van der Waals surface area (Å²) in [6.07, 6.45) is 6.52. The number of nitrogens with zero attached hydrogens (tertiary/aromatic N) is 1. The van der Waals surface area contributed by atoms with Crippen molar-refractivity contribution in [3.63, 3.8) is 0 Å². The van der Waals surface area contributed by atoms with Crippen LogP contribution in [0.5, 0.6) is 5.75 Å². The number of amides is 1. The average Bonchev–Trinajstić information content (AvgIpc) is 2.67. The predicted molar refractivity (Wildman–Crippen MR) is 107 cm³/mol. The van der Waals surface area contributed by atoms with E-state index in [-0.39, 0.29) is 12.0 Å². The molecule has 0 aromatic heterocycles. The van der Waals surface area contributed by atoms with E-state index in [1.165, 1.54) is 19.3 Å². The Balaban J connectivity index is 1.29. The maximum absolute atomic E-state index is 12.4. The first-order valence-corrected chi connectivity index (χ1v) is 10.1. The van der Waals surface area contributed by atoms with Crippen LogP contribution in [0.1, 0.15) is 48.0 Å². The zero-order chi connectivity index (χ0) is 18.5. The summed E-state index contributed by atoms with van der Waals surface area (Å²) in [5.41, 5.74) is 1.74. The highest BCUT2D eigenvalue weighted by Crippen LogP contribution is 2.28. The Morgan fingerprint density at radius 3 is 2.48 bits per heavy atom. The second kappa shape index (κ2) is 8.57. The summed E-state index contributed by atoms with van der Waals surface area (Å²) in [5.74, 6) is 0.730. The van der Waals surface area contributed by atoms with E-state index in [0.717, 1.165) is 43.3 Å². The van der Waals surface area contributed by atoms with Gasteiger partial charge < -0.3 is 15.0 Å². The molecule has 4 rings (SSSR count). The van der Waals surface area contributed by atoms with E-state index in [9.17, 15) is 4.79 Å².